The molecule has 0 fully saturated rings. The summed E-state index contributed by atoms with van der Waals surface area (Å²) < 4.78 is 0. The molecule has 2 atom stereocenters. The van der Waals surface area contributed by atoms with E-state index in [1.807, 2.05) is 0 Å². The van der Waals surface area contributed by atoms with Crippen LogP contribution >= 0.6 is 23.2 Å². The molecular weight excluding hydrogens is 171 g/mol. The van der Waals surface area contributed by atoms with Gasteiger partial charge in [0.1, 0.15) is 0 Å². The molecule has 0 saturated carbocycles. The van der Waals surface area contributed by atoms with E-state index in [1.54, 1.807) is 25.2 Å². The molecule has 0 aromatic carbocycles. The first-order valence-electron chi connectivity index (χ1n) is 2.96. The summed E-state index contributed by atoms with van der Waals surface area (Å²) in [6.45, 7) is 1.71. The summed E-state index contributed by atoms with van der Waals surface area (Å²) in [4.78, 5) is -0.744. The van der Waals surface area contributed by atoms with Crippen molar-refractivity contribution in [1.82, 2.24) is 0 Å². The minimum Gasteiger partial charge on any atom is -0.387 e. The first kappa shape index (κ1) is 8.12. The average Bonchev–Trinajstić information content (AvgIpc) is 1.78. The van der Waals surface area contributed by atoms with Crippen molar-refractivity contribution >= 4 is 23.2 Å². The van der Waals surface area contributed by atoms with Crippen molar-refractivity contribution in [3.05, 3.63) is 23.3 Å². The van der Waals surface area contributed by atoms with Gasteiger partial charge in [-0.1, -0.05) is 17.7 Å². The molecule has 0 spiro atoms. The monoisotopic (exact) mass is 178 g/mol. The second-order valence-corrected chi connectivity index (χ2v) is 3.74. The molecule has 3 heteroatoms. The molecule has 56 valence electrons. The molecule has 1 aliphatic rings. The van der Waals surface area contributed by atoms with Crippen LogP contribution in [-0.2, 0) is 0 Å². The minimum atomic E-state index is -0.744. The maximum Gasteiger partial charge on any atom is 0.0949 e. The maximum atomic E-state index is 9.23. The van der Waals surface area contributed by atoms with Crippen LogP contribution in [0, 0.1) is 0 Å². The third kappa shape index (κ3) is 1.54. The Morgan fingerprint density at radius 2 is 2.30 bits per heavy atom. The zero-order valence-electron chi connectivity index (χ0n) is 5.51. The lowest BCUT2D eigenvalue weighted by molar-refractivity contribution is 0.196. The summed E-state index contributed by atoms with van der Waals surface area (Å²) in [5.74, 6) is 0. The molecule has 2 unspecified atom stereocenters. The fraction of sp³-hybridized carbons (Fsp3) is 0.429. The number of hydrogen-bond donors (Lipinski definition) is 1. The van der Waals surface area contributed by atoms with E-state index in [0.29, 0.717) is 5.03 Å². The van der Waals surface area contributed by atoms with Gasteiger partial charge in [-0.2, -0.15) is 0 Å². The lowest BCUT2D eigenvalue weighted by Crippen LogP contribution is -2.31. The van der Waals surface area contributed by atoms with Crippen LogP contribution in [0.2, 0.25) is 0 Å². The molecule has 1 nitrogen and oxygen atoms in total. The van der Waals surface area contributed by atoms with Gasteiger partial charge in [-0.3, -0.25) is 0 Å². The molecule has 0 saturated heterocycles. The summed E-state index contributed by atoms with van der Waals surface area (Å²) in [7, 11) is 0. The van der Waals surface area contributed by atoms with E-state index in [4.69, 9.17) is 23.2 Å². The molecule has 0 aliphatic heterocycles. The van der Waals surface area contributed by atoms with E-state index < -0.39 is 11.0 Å². The van der Waals surface area contributed by atoms with Gasteiger partial charge in [0.2, 0.25) is 0 Å². The van der Waals surface area contributed by atoms with Crippen LogP contribution in [0.4, 0.5) is 0 Å². The number of aliphatic hydroxyl groups excluding tert-OH is 1. The minimum absolute atomic E-state index is 0.572. The molecule has 0 aromatic rings. The van der Waals surface area contributed by atoms with E-state index >= 15 is 0 Å². The molecule has 0 aromatic heterocycles. The van der Waals surface area contributed by atoms with E-state index in [9.17, 15) is 5.11 Å². The van der Waals surface area contributed by atoms with Gasteiger partial charge in [0.25, 0.3) is 0 Å². The van der Waals surface area contributed by atoms with Crippen molar-refractivity contribution in [2.24, 2.45) is 0 Å². The van der Waals surface area contributed by atoms with Crippen LogP contribution in [0.15, 0.2) is 23.3 Å². The Morgan fingerprint density at radius 3 is 2.70 bits per heavy atom. The Labute approximate surface area is 69.9 Å². The summed E-state index contributed by atoms with van der Waals surface area (Å²) in [5, 5.41) is 9.80. The van der Waals surface area contributed by atoms with E-state index in [0.717, 1.165) is 0 Å². The van der Waals surface area contributed by atoms with Gasteiger partial charge in [-0.25, -0.2) is 0 Å². The first-order chi connectivity index (χ1) is 4.52. The maximum absolute atomic E-state index is 9.23. The number of halogens is 2. The quantitative estimate of drug-likeness (QED) is 0.564. The summed E-state index contributed by atoms with van der Waals surface area (Å²) in [6, 6.07) is 0. The Balaban J connectivity index is 2.88. The normalized spacial score (nSPS) is 39.6. The standard InChI is InChI=1S/C7H8Cl2O/c1-7(9)4-5(8)2-3-6(7)10/h2-4,6,10H,1H3. The van der Waals surface area contributed by atoms with E-state index in [2.05, 4.69) is 0 Å². The summed E-state index contributed by atoms with van der Waals surface area (Å²) in [6.07, 6.45) is 4.20. The highest BCUT2D eigenvalue weighted by atomic mass is 35.5. The third-order valence-corrected chi connectivity index (χ3v) is 2.00. The largest absolute Gasteiger partial charge is 0.387 e. The molecule has 0 radical (unpaired) electrons. The molecule has 0 heterocycles. The number of aliphatic hydroxyl groups is 1. The van der Waals surface area contributed by atoms with Crippen molar-refractivity contribution < 1.29 is 5.11 Å². The summed E-state index contributed by atoms with van der Waals surface area (Å²) >= 11 is 11.5. The van der Waals surface area contributed by atoms with Crippen LogP contribution < -0.4 is 0 Å². The van der Waals surface area contributed by atoms with Gasteiger partial charge in [0, 0.05) is 5.03 Å². The number of allylic oxidation sites excluding steroid dienone is 2. The van der Waals surface area contributed by atoms with Crippen LogP contribution in [0.5, 0.6) is 0 Å². The van der Waals surface area contributed by atoms with Crippen molar-refractivity contribution in [3.63, 3.8) is 0 Å². The molecular formula is C7H8Cl2O. The Hall–Kier alpha value is 0.0200. The topological polar surface area (TPSA) is 20.2 Å². The molecule has 1 aliphatic carbocycles. The average molecular weight is 179 g/mol. The smallest absolute Gasteiger partial charge is 0.0949 e. The highest BCUT2D eigenvalue weighted by Gasteiger charge is 2.28. The Bertz CT molecular complexity index is 194. The van der Waals surface area contributed by atoms with Gasteiger partial charge in [-0.05, 0) is 19.1 Å². The Kier molecular flexibility index (Phi) is 2.09. The highest BCUT2D eigenvalue weighted by Crippen LogP contribution is 2.29. The Morgan fingerprint density at radius 1 is 1.70 bits per heavy atom. The second kappa shape index (κ2) is 2.57. The lowest BCUT2D eigenvalue weighted by Gasteiger charge is -2.24. The molecule has 1 rings (SSSR count). The third-order valence-electron chi connectivity index (χ3n) is 1.44. The van der Waals surface area contributed by atoms with Crippen LogP contribution in [0.3, 0.4) is 0 Å². The number of alkyl halides is 1. The second-order valence-electron chi connectivity index (χ2n) is 2.48. The zero-order valence-corrected chi connectivity index (χ0v) is 7.02. The lowest BCUT2D eigenvalue weighted by atomic mass is 9.99. The van der Waals surface area contributed by atoms with E-state index in [-0.39, 0.29) is 0 Å². The van der Waals surface area contributed by atoms with Crippen LogP contribution in [-0.4, -0.2) is 16.1 Å². The summed E-state index contributed by atoms with van der Waals surface area (Å²) in [5.41, 5.74) is 0. The van der Waals surface area contributed by atoms with Crippen LogP contribution in [0.25, 0.3) is 0 Å². The predicted molar refractivity (Wildman–Crippen MR) is 43.3 cm³/mol. The fourth-order valence-corrected chi connectivity index (χ4v) is 1.32. The first-order valence-corrected chi connectivity index (χ1v) is 3.71. The van der Waals surface area contributed by atoms with Crippen LogP contribution in [0.1, 0.15) is 6.92 Å². The fourth-order valence-electron chi connectivity index (χ4n) is 0.774. The number of hydrogen-bond acceptors (Lipinski definition) is 1. The molecule has 0 bridgehead atoms. The van der Waals surface area contributed by atoms with Gasteiger partial charge < -0.3 is 5.11 Å². The predicted octanol–water partition coefficient (Wildman–Crippen LogP) is 2.04. The van der Waals surface area contributed by atoms with Crippen molar-refractivity contribution in [1.29, 1.82) is 0 Å². The van der Waals surface area contributed by atoms with Gasteiger partial charge in [0.15, 0.2) is 0 Å². The van der Waals surface area contributed by atoms with Crippen molar-refractivity contribution in [2.75, 3.05) is 0 Å². The molecule has 10 heavy (non-hydrogen) atoms. The van der Waals surface area contributed by atoms with Gasteiger partial charge >= 0.3 is 0 Å². The molecule has 1 N–H and O–H groups in total. The highest BCUT2D eigenvalue weighted by molar-refractivity contribution is 6.33. The number of rotatable bonds is 0. The van der Waals surface area contributed by atoms with Crippen molar-refractivity contribution in [2.45, 2.75) is 17.9 Å². The van der Waals surface area contributed by atoms with Crippen molar-refractivity contribution in [3.8, 4) is 0 Å². The molecule has 0 amide bonds. The van der Waals surface area contributed by atoms with Gasteiger partial charge in [0.05, 0.1) is 11.0 Å². The SMILES string of the molecule is CC1(Cl)C=C(Cl)C=CC1O. The van der Waals surface area contributed by atoms with E-state index in [1.165, 1.54) is 0 Å². The zero-order chi connectivity index (χ0) is 7.78. The van der Waals surface area contributed by atoms with Gasteiger partial charge in [-0.15, -0.1) is 11.6 Å².